The van der Waals surface area contributed by atoms with E-state index in [1.54, 1.807) is 12.1 Å². The molecule has 0 fully saturated rings. The third kappa shape index (κ3) is 2.88. The van der Waals surface area contributed by atoms with Crippen molar-refractivity contribution in [2.24, 2.45) is 0 Å². The van der Waals surface area contributed by atoms with Gasteiger partial charge in [0.05, 0.1) is 5.56 Å². The van der Waals surface area contributed by atoms with E-state index in [-0.39, 0.29) is 0 Å². The average molecular weight is 241 g/mol. The Morgan fingerprint density at radius 2 is 1.82 bits per heavy atom. The number of rotatable bonds is 1. The van der Waals surface area contributed by atoms with Gasteiger partial charge in [-0.05, 0) is 36.6 Å². The van der Waals surface area contributed by atoms with Crippen molar-refractivity contribution in [3.05, 3.63) is 41.5 Å². The Labute approximate surface area is 98.3 Å². The summed E-state index contributed by atoms with van der Waals surface area (Å²) < 4.78 is 37.2. The molecule has 1 aromatic carbocycles. The van der Waals surface area contributed by atoms with Gasteiger partial charge in [-0.15, -0.1) is 0 Å². The molecule has 1 nitrogen and oxygen atoms in total. The van der Waals surface area contributed by atoms with E-state index in [1.807, 2.05) is 6.08 Å². The highest BCUT2D eigenvalue weighted by Crippen LogP contribution is 2.31. The molecule has 1 atom stereocenters. The number of alkyl halides is 3. The fourth-order valence-corrected chi connectivity index (χ4v) is 1.98. The van der Waals surface area contributed by atoms with E-state index in [1.165, 1.54) is 0 Å². The molecule has 0 aromatic heterocycles. The van der Waals surface area contributed by atoms with Crippen LogP contribution in [0, 0.1) is 0 Å². The lowest BCUT2D eigenvalue weighted by atomic mass is 9.95. The molecule has 1 aliphatic heterocycles. The van der Waals surface area contributed by atoms with Crippen molar-refractivity contribution in [3.63, 3.8) is 0 Å². The molecular weight excluding hydrogens is 227 g/mol. The second kappa shape index (κ2) is 4.53. The molecular formula is C13H14F3N. The van der Waals surface area contributed by atoms with Crippen molar-refractivity contribution in [2.45, 2.75) is 25.6 Å². The quantitative estimate of drug-likeness (QED) is 0.793. The molecule has 0 spiro atoms. The predicted octanol–water partition coefficient (Wildman–Crippen LogP) is 3.47. The second-order valence-electron chi connectivity index (χ2n) is 4.32. The molecule has 0 saturated heterocycles. The van der Waals surface area contributed by atoms with Crippen LogP contribution < -0.4 is 5.32 Å². The summed E-state index contributed by atoms with van der Waals surface area (Å²) in [6, 6.07) is 5.75. The van der Waals surface area contributed by atoms with Gasteiger partial charge in [-0.3, -0.25) is 0 Å². The lowest BCUT2D eigenvalue weighted by molar-refractivity contribution is -0.137. The number of benzene rings is 1. The Morgan fingerprint density at radius 1 is 1.18 bits per heavy atom. The summed E-state index contributed by atoms with van der Waals surface area (Å²) in [4.78, 5) is 0. The monoisotopic (exact) mass is 241 g/mol. The zero-order valence-electron chi connectivity index (χ0n) is 9.51. The van der Waals surface area contributed by atoms with E-state index >= 15 is 0 Å². The van der Waals surface area contributed by atoms with Gasteiger partial charge in [-0.2, -0.15) is 13.2 Å². The van der Waals surface area contributed by atoms with Crippen LogP contribution in [0.15, 0.2) is 30.3 Å². The minimum Gasteiger partial charge on any atom is -0.310 e. The molecule has 0 bridgehead atoms. The second-order valence-corrected chi connectivity index (χ2v) is 4.32. The van der Waals surface area contributed by atoms with E-state index in [0.717, 1.165) is 36.2 Å². The van der Waals surface area contributed by atoms with Gasteiger partial charge in [0, 0.05) is 12.6 Å². The van der Waals surface area contributed by atoms with E-state index in [0.29, 0.717) is 6.04 Å². The van der Waals surface area contributed by atoms with Crippen LogP contribution in [0.1, 0.15) is 24.5 Å². The van der Waals surface area contributed by atoms with E-state index in [9.17, 15) is 13.2 Å². The summed E-state index contributed by atoms with van der Waals surface area (Å²) in [7, 11) is 0. The van der Waals surface area contributed by atoms with Crippen molar-refractivity contribution in [1.82, 2.24) is 5.32 Å². The molecule has 4 heteroatoms. The van der Waals surface area contributed by atoms with Crippen molar-refractivity contribution >= 4 is 5.57 Å². The van der Waals surface area contributed by atoms with Crippen LogP contribution in [0.4, 0.5) is 13.2 Å². The van der Waals surface area contributed by atoms with Gasteiger partial charge in [-0.1, -0.05) is 18.2 Å². The minimum atomic E-state index is -4.26. The summed E-state index contributed by atoms with van der Waals surface area (Å²) >= 11 is 0. The smallest absolute Gasteiger partial charge is 0.310 e. The van der Waals surface area contributed by atoms with E-state index in [4.69, 9.17) is 0 Å². The van der Waals surface area contributed by atoms with E-state index < -0.39 is 11.7 Å². The van der Waals surface area contributed by atoms with Crippen molar-refractivity contribution in [3.8, 4) is 0 Å². The van der Waals surface area contributed by atoms with Crippen molar-refractivity contribution in [2.75, 3.05) is 6.54 Å². The highest BCUT2D eigenvalue weighted by atomic mass is 19.4. The highest BCUT2D eigenvalue weighted by Gasteiger charge is 2.30. The summed E-state index contributed by atoms with van der Waals surface area (Å²) in [5, 5.41) is 3.26. The lowest BCUT2D eigenvalue weighted by Crippen LogP contribution is -2.29. The predicted molar refractivity (Wildman–Crippen MR) is 61.5 cm³/mol. The summed E-state index contributed by atoms with van der Waals surface area (Å²) in [6.45, 7) is 2.84. The molecule has 1 N–H and O–H groups in total. The van der Waals surface area contributed by atoms with Crippen LogP contribution in [0.5, 0.6) is 0 Å². The first kappa shape index (κ1) is 12.2. The van der Waals surface area contributed by atoms with Gasteiger partial charge in [0.15, 0.2) is 0 Å². The summed E-state index contributed by atoms with van der Waals surface area (Å²) in [5.41, 5.74) is 1.40. The Balaban J connectivity index is 2.21. The molecule has 2 rings (SSSR count). The Morgan fingerprint density at radius 3 is 2.35 bits per heavy atom. The molecule has 17 heavy (non-hydrogen) atoms. The van der Waals surface area contributed by atoms with Crippen LogP contribution >= 0.6 is 0 Å². The summed E-state index contributed by atoms with van der Waals surface area (Å²) in [5.74, 6) is 0. The van der Waals surface area contributed by atoms with Gasteiger partial charge in [0.2, 0.25) is 0 Å². The van der Waals surface area contributed by atoms with Gasteiger partial charge < -0.3 is 5.32 Å². The topological polar surface area (TPSA) is 12.0 Å². The maximum Gasteiger partial charge on any atom is 0.416 e. The maximum absolute atomic E-state index is 12.4. The summed E-state index contributed by atoms with van der Waals surface area (Å²) in [6.07, 6.45) is -1.37. The Kier molecular flexibility index (Phi) is 3.24. The van der Waals surface area contributed by atoms with Crippen LogP contribution in [-0.4, -0.2) is 12.6 Å². The molecule has 0 radical (unpaired) electrons. The molecule has 0 aliphatic carbocycles. The van der Waals surface area contributed by atoms with Crippen molar-refractivity contribution in [1.29, 1.82) is 0 Å². The third-order valence-electron chi connectivity index (χ3n) is 2.92. The molecule has 1 aromatic rings. The first-order chi connectivity index (χ1) is 7.97. The van der Waals surface area contributed by atoms with Crippen LogP contribution in [-0.2, 0) is 6.18 Å². The molecule has 0 amide bonds. The number of nitrogens with one attached hydrogen (secondary N) is 1. The standard InChI is InChI=1S/C13H14F3N/c1-9-8-11(6-7-17-9)10-2-4-12(5-3-10)13(14,15)16/h2-6,9,17H,7-8H2,1H3. The van der Waals surface area contributed by atoms with Gasteiger partial charge in [0.25, 0.3) is 0 Å². The SMILES string of the molecule is CC1CC(c2ccc(C(F)(F)F)cc2)=CCN1. The molecule has 92 valence electrons. The van der Waals surface area contributed by atoms with Gasteiger partial charge in [-0.25, -0.2) is 0 Å². The van der Waals surface area contributed by atoms with Crippen molar-refractivity contribution < 1.29 is 13.2 Å². The zero-order valence-corrected chi connectivity index (χ0v) is 9.51. The third-order valence-corrected chi connectivity index (χ3v) is 2.92. The highest BCUT2D eigenvalue weighted by molar-refractivity contribution is 5.67. The average Bonchev–Trinajstić information content (AvgIpc) is 2.28. The van der Waals surface area contributed by atoms with Crippen LogP contribution in [0.25, 0.3) is 5.57 Å². The van der Waals surface area contributed by atoms with Crippen LogP contribution in [0.3, 0.4) is 0 Å². The maximum atomic E-state index is 12.4. The van der Waals surface area contributed by atoms with E-state index in [2.05, 4.69) is 12.2 Å². The minimum absolute atomic E-state index is 0.372. The Hall–Kier alpha value is -1.29. The molecule has 0 saturated carbocycles. The van der Waals surface area contributed by atoms with Crippen LogP contribution in [0.2, 0.25) is 0 Å². The zero-order chi connectivity index (χ0) is 12.5. The van der Waals surface area contributed by atoms with Gasteiger partial charge in [0.1, 0.15) is 0 Å². The number of hydrogen-bond acceptors (Lipinski definition) is 1. The first-order valence-corrected chi connectivity index (χ1v) is 5.57. The number of hydrogen-bond donors (Lipinski definition) is 1. The molecule has 1 aliphatic rings. The first-order valence-electron chi connectivity index (χ1n) is 5.57. The fraction of sp³-hybridized carbons (Fsp3) is 0.385. The molecule has 1 unspecified atom stereocenters. The molecule has 1 heterocycles. The number of halogens is 3. The Bertz CT molecular complexity index is 417. The largest absolute Gasteiger partial charge is 0.416 e. The van der Waals surface area contributed by atoms with Gasteiger partial charge >= 0.3 is 6.18 Å². The lowest BCUT2D eigenvalue weighted by Gasteiger charge is -2.21. The fourth-order valence-electron chi connectivity index (χ4n) is 1.98. The normalized spacial score (nSPS) is 21.2.